The van der Waals surface area contributed by atoms with Gasteiger partial charge in [-0.25, -0.2) is 9.78 Å². The molecule has 0 aliphatic rings. The Morgan fingerprint density at radius 1 is 1.53 bits per heavy atom. The molecular formula is C12H10BrClN2O2S. The molecule has 0 fully saturated rings. The van der Waals surface area contributed by atoms with Gasteiger partial charge in [-0.2, -0.15) is 0 Å². The summed E-state index contributed by atoms with van der Waals surface area (Å²) >= 11 is 10.5. The molecule has 100 valence electrons. The topological polar surface area (TPSA) is 51.2 Å². The number of benzene rings is 1. The minimum Gasteiger partial charge on any atom is -0.467 e. The van der Waals surface area contributed by atoms with Gasteiger partial charge in [0, 0.05) is 10.2 Å². The van der Waals surface area contributed by atoms with Crippen molar-refractivity contribution in [1.82, 2.24) is 4.98 Å². The van der Waals surface area contributed by atoms with Crippen LogP contribution in [0, 0.1) is 0 Å². The molecule has 1 aromatic carbocycles. The molecule has 0 saturated carbocycles. The van der Waals surface area contributed by atoms with Crippen LogP contribution in [0.1, 0.15) is 11.0 Å². The smallest absolute Gasteiger partial charge is 0.335 e. The van der Waals surface area contributed by atoms with Crippen molar-refractivity contribution in [3.63, 3.8) is 0 Å². The number of thiazole rings is 1. The molecule has 0 radical (unpaired) electrons. The van der Waals surface area contributed by atoms with Crippen LogP contribution in [-0.4, -0.2) is 18.1 Å². The number of rotatable bonds is 4. The number of carbonyl (C=O) groups excluding carboxylic acids is 1. The first kappa shape index (κ1) is 14.3. The van der Waals surface area contributed by atoms with Crippen LogP contribution in [0.5, 0.6) is 0 Å². The number of hydrogen-bond acceptors (Lipinski definition) is 5. The lowest BCUT2D eigenvalue weighted by Gasteiger charge is -2.16. The lowest BCUT2D eigenvalue weighted by molar-refractivity contribution is -0.141. The van der Waals surface area contributed by atoms with Gasteiger partial charge in [0.2, 0.25) is 0 Å². The maximum Gasteiger partial charge on any atom is 0.335 e. The van der Waals surface area contributed by atoms with E-state index in [9.17, 15) is 4.79 Å². The first-order valence-electron chi connectivity index (χ1n) is 5.32. The van der Waals surface area contributed by atoms with Crippen molar-refractivity contribution in [1.29, 1.82) is 0 Å². The zero-order valence-corrected chi connectivity index (χ0v) is 13.1. The fourth-order valence-corrected chi connectivity index (χ4v) is 2.84. The van der Waals surface area contributed by atoms with Crippen LogP contribution in [0.25, 0.3) is 0 Å². The molecule has 0 aliphatic carbocycles. The summed E-state index contributed by atoms with van der Waals surface area (Å²) in [6, 6.07) is 6.82. The number of methoxy groups -OCH3 is 1. The van der Waals surface area contributed by atoms with Crippen molar-refractivity contribution < 1.29 is 9.53 Å². The van der Waals surface area contributed by atoms with Crippen molar-refractivity contribution in [3.8, 4) is 0 Å². The van der Waals surface area contributed by atoms with Crippen molar-refractivity contribution >= 4 is 50.5 Å². The molecule has 2 aromatic rings. The van der Waals surface area contributed by atoms with Crippen LogP contribution in [0.3, 0.4) is 0 Å². The van der Waals surface area contributed by atoms with Crippen LogP contribution in [0.2, 0.25) is 4.34 Å². The predicted molar refractivity (Wildman–Crippen MR) is 79.6 cm³/mol. The lowest BCUT2D eigenvalue weighted by Crippen LogP contribution is -2.22. The molecule has 1 heterocycles. The number of esters is 1. The minimum atomic E-state index is -0.679. The molecule has 19 heavy (non-hydrogen) atoms. The highest BCUT2D eigenvalue weighted by Crippen LogP contribution is 2.30. The highest BCUT2D eigenvalue weighted by atomic mass is 79.9. The zero-order chi connectivity index (χ0) is 13.8. The first-order valence-corrected chi connectivity index (χ1v) is 7.30. The average molecular weight is 362 g/mol. The minimum absolute atomic E-state index is 0.415. The summed E-state index contributed by atoms with van der Waals surface area (Å²) in [4.78, 5) is 16.0. The molecule has 4 nitrogen and oxygen atoms in total. The second-order valence-electron chi connectivity index (χ2n) is 3.58. The van der Waals surface area contributed by atoms with E-state index in [4.69, 9.17) is 16.3 Å². The normalized spacial score (nSPS) is 11.9. The molecule has 0 bridgehead atoms. The van der Waals surface area contributed by atoms with Crippen molar-refractivity contribution in [2.45, 2.75) is 6.04 Å². The van der Waals surface area contributed by atoms with Gasteiger partial charge in [0.05, 0.1) is 13.3 Å². The maximum absolute atomic E-state index is 11.9. The van der Waals surface area contributed by atoms with E-state index in [0.29, 0.717) is 9.34 Å². The van der Waals surface area contributed by atoms with Gasteiger partial charge in [-0.15, -0.1) is 11.3 Å². The van der Waals surface area contributed by atoms with Gasteiger partial charge < -0.3 is 10.1 Å². The Kier molecular flexibility index (Phi) is 4.79. The average Bonchev–Trinajstić information content (AvgIpc) is 2.83. The Labute approximate surface area is 127 Å². The van der Waals surface area contributed by atoms with Gasteiger partial charge in [0.1, 0.15) is 9.34 Å². The number of anilines is 1. The van der Waals surface area contributed by atoms with E-state index >= 15 is 0 Å². The van der Waals surface area contributed by atoms with E-state index in [2.05, 4.69) is 26.2 Å². The summed E-state index contributed by atoms with van der Waals surface area (Å²) in [5, 5.41) is 3.66. The van der Waals surface area contributed by atoms with E-state index in [1.54, 1.807) is 0 Å². The standard InChI is InChI=1S/C12H10BrClN2O2S/c1-18-12(17)10(11-15-6-9(14)19-11)16-8-5-3-2-4-7(8)13/h2-6,10,16H,1H3. The third kappa shape index (κ3) is 3.46. The molecule has 1 atom stereocenters. The van der Waals surface area contributed by atoms with Crippen molar-refractivity contribution in [2.75, 3.05) is 12.4 Å². The molecule has 0 spiro atoms. The molecule has 1 N–H and O–H groups in total. The Bertz CT molecular complexity index is 591. The number of aromatic nitrogens is 1. The Morgan fingerprint density at radius 3 is 2.84 bits per heavy atom. The molecule has 2 rings (SSSR count). The second-order valence-corrected chi connectivity index (χ2v) is 6.13. The largest absolute Gasteiger partial charge is 0.467 e. The fraction of sp³-hybridized carbons (Fsp3) is 0.167. The van der Waals surface area contributed by atoms with Gasteiger partial charge in [-0.3, -0.25) is 0 Å². The maximum atomic E-state index is 11.9. The fourth-order valence-electron chi connectivity index (χ4n) is 1.47. The molecule has 1 unspecified atom stereocenters. The second kappa shape index (κ2) is 6.36. The quantitative estimate of drug-likeness (QED) is 0.840. The summed E-state index contributed by atoms with van der Waals surface area (Å²) in [5.74, 6) is -0.415. The Hall–Kier alpha value is -1.11. The summed E-state index contributed by atoms with van der Waals surface area (Å²) in [7, 11) is 1.34. The number of para-hydroxylation sites is 1. The molecular weight excluding hydrogens is 352 g/mol. The van der Waals surface area contributed by atoms with Crippen molar-refractivity contribution in [2.24, 2.45) is 0 Å². The van der Waals surface area contributed by atoms with E-state index in [-0.39, 0.29) is 0 Å². The van der Waals surface area contributed by atoms with Crippen LogP contribution < -0.4 is 5.32 Å². The highest BCUT2D eigenvalue weighted by Gasteiger charge is 2.25. The summed E-state index contributed by atoms with van der Waals surface area (Å²) < 4.78 is 6.17. The van der Waals surface area contributed by atoms with Crippen LogP contribution >= 0.6 is 38.9 Å². The number of nitrogens with zero attached hydrogens (tertiary/aromatic N) is 1. The summed E-state index contributed by atoms with van der Waals surface area (Å²) in [6.45, 7) is 0. The Balaban J connectivity index is 2.29. The molecule has 7 heteroatoms. The number of hydrogen-bond donors (Lipinski definition) is 1. The highest BCUT2D eigenvalue weighted by molar-refractivity contribution is 9.10. The van der Waals surface area contributed by atoms with E-state index in [1.165, 1.54) is 24.6 Å². The van der Waals surface area contributed by atoms with Gasteiger partial charge in [0.15, 0.2) is 6.04 Å². The van der Waals surface area contributed by atoms with Gasteiger partial charge >= 0.3 is 5.97 Å². The van der Waals surface area contributed by atoms with Gasteiger partial charge in [-0.05, 0) is 28.1 Å². The summed E-state index contributed by atoms with van der Waals surface area (Å²) in [6.07, 6.45) is 1.51. The monoisotopic (exact) mass is 360 g/mol. The SMILES string of the molecule is COC(=O)C(Nc1ccccc1Br)c1ncc(Cl)s1. The van der Waals surface area contributed by atoms with E-state index in [0.717, 1.165) is 10.2 Å². The molecule has 0 aliphatic heterocycles. The van der Waals surface area contributed by atoms with E-state index < -0.39 is 12.0 Å². The van der Waals surface area contributed by atoms with Crippen LogP contribution in [-0.2, 0) is 9.53 Å². The lowest BCUT2D eigenvalue weighted by atomic mass is 10.2. The number of ether oxygens (including phenoxy) is 1. The van der Waals surface area contributed by atoms with Crippen LogP contribution in [0.15, 0.2) is 34.9 Å². The first-order chi connectivity index (χ1) is 9.11. The van der Waals surface area contributed by atoms with Gasteiger partial charge in [-0.1, -0.05) is 23.7 Å². The summed E-state index contributed by atoms with van der Waals surface area (Å²) in [5.41, 5.74) is 0.782. The van der Waals surface area contributed by atoms with Crippen molar-refractivity contribution in [3.05, 3.63) is 44.3 Å². The van der Waals surface area contributed by atoms with E-state index in [1.807, 2.05) is 24.3 Å². The number of nitrogens with one attached hydrogen (secondary N) is 1. The third-order valence-electron chi connectivity index (χ3n) is 2.35. The molecule has 0 saturated heterocycles. The predicted octanol–water partition coefficient (Wildman–Crippen LogP) is 3.89. The number of halogens is 2. The molecule has 0 amide bonds. The number of carbonyl (C=O) groups is 1. The third-order valence-corrected chi connectivity index (χ3v) is 4.22. The molecule has 1 aromatic heterocycles. The Morgan fingerprint density at radius 2 is 2.26 bits per heavy atom. The zero-order valence-electron chi connectivity index (χ0n) is 9.89. The van der Waals surface area contributed by atoms with Crippen LogP contribution in [0.4, 0.5) is 5.69 Å². The van der Waals surface area contributed by atoms with Gasteiger partial charge in [0.25, 0.3) is 0 Å².